The first-order chi connectivity index (χ1) is 12.4. The Bertz CT molecular complexity index is 570. The van der Waals surface area contributed by atoms with Crippen LogP contribution in [0.2, 0.25) is 0 Å². The number of piperidine rings is 1. The van der Waals surface area contributed by atoms with E-state index in [-0.39, 0.29) is 12.6 Å². The third-order valence-electron chi connectivity index (χ3n) is 3.73. The summed E-state index contributed by atoms with van der Waals surface area (Å²) in [5.74, 6) is -1.82. The molecular formula is C18H31N3O6. The number of carbonyl (C=O) groups excluding carboxylic acids is 4. The third-order valence-corrected chi connectivity index (χ3v) is 3.73. The van der Waals surface area contributed by atoms with Gasteiger partial charge in [0.2, 0.25) is 0 Å². The zero-order chi connectivity index (χ0) is 20.8. The number of hydrogen-bond acceptors (Lipinski definition) is 6. The van der Waals surface area contributed by atoms with Crippen molar-refractivity contribution in [3.63, 3.8) is 0 Å². The van der Waals surface area contributed by atoms with Gasteiger partial charge in [-0.1, -0.05) is 0 Å². The molecule has 27 heavy (non-hydrogen) atoms. The second-order valence-electron chi connectivity index (χ2n) is 7.96. The Kier molecular flexibility index (Phi) is 8.05. The molecule has 1 saturated heterocycles. The van der Waals surface area contributed by atoms with E-state index in [1.54, 1.807) is 34.6 Å². The Labute approximate surface area is 160 Å². The zero-order valence-electron chi connectivity index (χ0n) is 17.0. The second kappa shape index (κ2) is 9.57. The number of carbonyl (C=O) groups is 4. The van der Waals surface area contributed by atoms with Crippen LogP contribution in [-0.2, 0) is 19.1 Å². The standard InChI is InChI=1S/C18H31N3O6/c1-11(2)19-16(24)20-14(22)12(3)26-15(23)13-8-7-9-21(10-13)17(25)27-18(4,5)6/h11-13H,7-10H2,1-6H3,(H2,19,20,22,24). The highest BCUT2D eigenvalue weighted by atomic mass is 16.6. The monoisotopic (exact) mass is 385 g/mol. The number of urea groups is 1. The van der Waals surface area contributed by atoms with Crippen molar-refractivity contribution in [3.05, 3.63) is 0 Å². The number of amides is 4. The maximum atomic E-state index is 12.3. The first-order valence-electron chi connectivity index (χ1n) is 9.19. The van der Waals surface area contributed by atoms with Gasteiger partial charge in [-0.25, -0.2) is 9.59 Å². The normalized spacial score (nSPS) is 18.5. The van der Waals surface area contributed by atoms with Gasteiger partial charge in [0.15, 0.2) is 6.10 Å². The Morgan fingerprint density at radius 1 is 1.11 bits per heavy atom. The molecule has 9 heteroatoms. The molecule has 0 saturated carbocycles. The van der Waals surface area contributed by atoms with Gasteiger partial charge in [0.25, 0.3) is 5.91 Å². The van der Waals surface area contributed by atoms with Crippen LogP contribution in [0, 0.1) is 5.92 Å². The molecule has 154 valence electrons. The summed E-state index contributed by atoms with van der Waals surface area (Å²) in [5.41, 5.74) is -0.617. The molecule has 4 amide bonds. The van der Waals surface area contributed by atoms with E-state index in [9.17, 15) is 19.2 Å². The molecule has 1 rings (SSSR count). The van der Waals surface area contributed by atoms with Gasteiger partial charge in [-0.3, -0.25) is 14.9 Å². The molecule has 0 bridgehead atoms. The molecular weight excluding hydrogens is 354 g/mol. The Morgan fingerprint density at radius 2 is 1.74 bits per heavy atom. The van der Waals surface area contributed by atoms with Crippen LogP contribution in [0.4, 0.5) is 9.59 Å². The van der Waals surface area contributed by atoms with Crippen LogP contribution in [0.5, 0.6) is 0 Å². The summed E-state index contributed by atoms with van der Waals surface area (Å²) in [6.07, 6.45) is -0.403. The van der Waals surface area contributed by atoms with E-state index in [1.165, 1.54) is 11.8 Å². The van der Waals surface area contributed by atoms with Crippen LogP contribution in [0.25, 0.3) is 0 Å². The van der Waals surface area contributed by atoms with Crippen molar-refractivity contribution in [1.82, 2.24) is 15.5 Å². The lowest BCUT2D eigenvalue weighted by molar-refractivity contribution is -0.159. The number of rotatable bonds is 4. The Morgan fingerprint density at radius 3 is 2.30 bits per heavy atom. The molecule has 2 unspecified atom stereocenters. The predicted molar refractivity (Wildman–Crippen MR) is 97.9 cm³/mol. The highest BCUT2D eigenvalue weighted by molar-refractivity contribution is 5.97. The second-order valence-corrected chi connectivity index (χ2v) is 7.96. The van der Waals surface area contributed by atoms with E-state index in [2.05, 4.69) is 10.6 Å². The topological polar surface area (TPSA) is 114 Å². The van der Waals surface area contributed by atoms with Crippen LogP contribution < -0.4 is 10.6 Å². The average Bonchev–Trinajstić information content (AvgIpc) is 2.52. The maximum absolute atomic E-state index is 12.3. The van der Waals surface area contributed by atoms with Crippen LogP contribution in [0.1, 0.15) is 54.4 Å². The average molecular weight is 385 g/mol. The van der Waals surface area contributed by atoms with E-state index >= 15 is 0 Å². The van der Waals surface area contributed by atoms with Gasteiger partial charge in [-0.15, -0.1) is 0 Å². The smallest absolute Gasteiger partial charge is 0.410 e. The lowest BCUT2D eigenvalue weighted by atomic mass is 9.98. The molecule has 0 aliphatic carbocycles. The predicted octanol–water partition coefficient (Wildman–Crippen LogP) is 1.80. The van der Waals surface area contributed by atoms with Crippen molar-refractivity contribution in [2.45, 2.75) is 72.1 Å². The molecule has 1 aliphatic heterocycles. The summed E-state index contributed by atoms with van der Waals surface area (Å²) in [4.78, 5) is 49.5. The van der Waals surface area contributed by atoms with E-state index in [4.69, 9.17) is 9.47 Å². The van der Waals surface area contributed by atoms with Gasteiger partial charge in [-0.2, -0.15) is 0 Å². The van der Waals surface area contributed by atoms with Gasteiger partial charge in [0.05, 0.1) is 5.92 Å². The van der Waals surface area contributed by atoms with Crippen LogP contribution in [0.15, 0.2) is 0 Å². The van der Waals surface area contributed by atoms with Crippen molar-refractivity contribution in [2.24, 2.45) is 5.92 Å². The maximum Gasteiger partial charge on any atom is 0.410 e. The first-order valence-corrected chi connectivity index (χ1v) is 9.19. The highest BCUT2D eigenvalue weighted by Crippen LogP contribution is 2.21. The molecule has 0 aromatic heterocycles. The molecule has 0 aromatic rings. The molecule has 2 N–H and O–H groups in total. The summed E-state index contributed by atoms with van der Waals surface area (Å²) in [5, 5.41) is 4.63. The van der Waals surface area contributed by atoms with Gasteiger partial charge in [-0.05, 0) is 54.4 Å². The lowest BCUT2D eigenvalue weighted by Gasteiger charge is -2.33. The van der Waals surface area contributed by atoms with Gasteiger partial charge in [0.1, 0.15) is 5.60 Å². The van der Waals surface area contributed by atoms with Crippen molar-refractivity contribution in [2.75, 3.05) is 13.1 Å². The van der Waals surface area contributed by atoms with Crippen LogP contribution in [-0.4, -0.2) is 59.7 Å². The minimum absolute atomic E-state index is 0.128. The largest absolute Gasteiger partial charge is 0.452 e. The van der Waals surface area contributed by atoms with E-state index in [0.717, 1.165) is 0 Å². The molecule has 1 heterocycles. The SMILES string of the molecule is CC(C)NC(=O)NC(=O)C(C)OC(=O)C1CCCN(C(=O)OC(C)(C)C)C1. The van der Waals surface area contributed by atoms with Gasteiger partial charge >= 0.3 is 18.1 Å². The quantitative estimate of drug-likeness (QED) is 0.713. The number of likely N-dealkylation sites (tertiary alicyclic amines) is 1. The molecule has 0 radical (unpaired) electrons. The molecule has 1 aliphatic rings. The first kappa shape index (κ1) is 22.7. The van der Waals surface area contributed by atoms with Crippen molar-refractivity contribution < 1.29 is 28.7 Å². The fourth-order valence-electron chi connectivity index (χ4n) is 2.50. The van der Waals surface area contributed by atoms with Gasteiger partial charge < -0.3 is 19.7 Å². The number of esters is 1. The highest BCUT2D eigenvalue weighted by Gasteiger charge is 2.33. The Balaban J connectivity index is 2.54. The summed E-state index contributed by atoms with van der Waals surface area (Å²) in [6, 6.07) is -0.775. The number of nitrogens with one attached hydrogen (secondary N) is 2. The number of imide groups is 1. The minimum Gasteiger partial charge on any atom is -0.452 e. The molecule has 1 fully saturated rings. The fourth-order valence-corrected chi connectivity index (χ4v) is 2.50. The van der Waals surface area contributed by atoms with Crippen LogP contribution >= 0.6 is 0 Å². The summed E-state index contributed by atoms with van der Waals surface area (Å²) in [7, 11) is 0. The Hall–Kier alpha value is -2.32. The molecule has 0 spiro atoms. The number of ether oxygens (including phenoxy) is 2. The minimum atomic E-state index is -1.12. The van der Waals surface area contributed by atoms with Gasteiger partial charge in [0, 0.05) is 19.1 Å². The van der Waals surface area contributed by atoms with Crippen LogP contribution in [0.3, 0.4) is 0 Å². The number of nitrogens with zero attached hydrogens (tertiary/aromatic N) is 1. The molecule has 9 nitrogen and oxygen atoms in total. The van der Waals surface area contributed by atoms with E-state index in [1.807, 2.05) is 0 Å². The molecule has 2 atom stereocenters. The molecule has 0 aromatic carbocycles. The fraction of sp³-hybridized carbons (Fsp3) is 0.778. The lowest BCUT2D eigenvalue weighted by Crippen LogP contribution is -2.48. The summed E-state index contributed by atoms with van der Waals surface area (Å²) >= 11 is 0. The van der Waals surface area contributed by atoms with Crippen molar-refractivity contribution in [1.29, 1.82) is 0 Å². The third kappa shape index (κ3) is 8.27. The van der Waals surface area contributed by atoms with Crippen molar-refractivity contribution in [3.8, 4) is 0 Å². The van der Waals surface area contributed by atoms with Crippen molar-refractivity contribution >= 4 is 24.0 Å². The summed E-state index contributed by atoms with van der Waals surface area (Å²) in [6.45, 7) is 10.9. The van der Waals surface area contributed by atoms with E-state index in [0.29, 0.717) is 19.4 Å². The zero-order valence-corrected chi connectivity index (χ0v) is 17.0. The summed E-state index contributed by atoms with van der Waals surface area (Å²) < 4.78 is 10.5. The number of hydrogen-bond donors (Lipinski definition) is 2. The van der Waals surface area contributed by atoms with E-state index < -0.39 is 41.6 Å².